The van der Waals surface area contributed by atoms with Crippen LogP contribution in [0.4, 0.5) is 8.78 Å². The van der Waals surface area contributed by atoms with Crippen molar-refractivity contribution >= 4 is 0 Å². The molecule has 1 atom stereocenters. The van der Waals surface area contributed by atoms with Crippen LogP contribution in [-0.2, 0) is 0 Å². The minimum absolute atomic E-state index is 0.391. The lowest BCUT2D eigenvalue weighted by Gasteiger charge is -2.12. The summed E-state index contributed by atoms with van der Waals surface area (Å²) in [6.07, 6.45) is -0.930. The number of nitrogens with two attached hydrogens (primary N) is 1. The van der Waals surface area contributed by atoms with Crippen molar-refractivity contribution in [1.82, 2.24) is 10.4 Å². The fraction of sp³-hybridized carbons (Fsp3) is 0.333. The number of halogens is 2. The van der Waals surface area contributed by atoms with Gasteiger partial charge in [0.15, 0.2) is 0 Å². The average Bonchev–Trinajstić information content (AvgIpc) is 2.40. The lowest BCUT2D eigenvalue weighted by molar-refractivity contribution is 0.0970. The number of aromatic nitrogens is 1. The molecule has 1 heterocycles. The number of nitrogens with one attached hydrogen (secondary N) is 2. The van der Waals surface area contributed by atoms with Gasteiger partial charge in [-0.05, 0) is 12.1 Å². The molecular weight excluding hydrogens is 152 g/mol. The molecule has 1 aromatic heterocycles. The van der Waals surface area contributed by atoms with E-state index in [2.05, 4.69) is 4.98 Å². The van der Waals surface area contributed by atoms with E-state index in [0.29, 0.717) is 5.69 Å². The number of hydrazine groups is 1. The van der Waals surface area contributed by atoms with E-state index in [1.807, 2.05) is 5.43 Å². The molecule has 1 unspecified atom stereocenters. The van der Waals surface area contributed by atoms with Crippen LogP contribution < -0.4 is 11.3 Å². The summed E-state index contributed by atoms with van der Waals surface area (Å²) in [5.74, 6) is 4.91. The summed E-state index contributed by atoms with van der Waals surface area (Å²) >= 11 is 0. The summed E-state index contributed by atoms with van der Waals surface area (Å²) in [5.41, 5.74) is 2.41. The zero-order valence-electron chi connectivity index (χ0n) is 5.72. The highest BCUT2D eigenvalue weighted by Crippen LogP contribution is 2.16. The van der Waals surface area contributed by atoms with Crippen LogP contribution in [0.15, 0.2) is 18.3 Å². The van der Waals surface area contributed by atoms with E-state index in [0.717, 1.165) is 0 Å². The van der Waals surface area contributed by atoms with Crippen molar-refractivity contribution in [3.05, 3.63) is 24.0 Å². The van der Waals surface area contributed by atoms with Gasteiger partial charge in [-0.3, -0.25) is 5.84 Å². The normalized spacial score (nSPS) is 13.8. The Balaban J connectivity index is 2.71. The topological polar surface area (TPSA) is 53.8 Å². The molecule has 0 radical (unpaired) electrons. The molecular formula is C6H9F2N3. The van der Waals surface area contributed by atoms with E-state index in [9.17, 15) is 8.78 Å². The van der Waals surface area contributed by atoms with Gasteiger partial charge in [-0.2, -0.15) is 0 Å². The molecule has 11 heavy (non-hydrogen) atoms. The van der Waals surface area contributed by atoms with Gasteiger partial charge in [0.1, 0.15) is 6.04 Å². The van der Waals surface area contributed by atoms with Crippen LogP contribution in [0.2, 0.25) is 0 Å². The molecule has 3 nitrogen and oxygen atoms in total. The number of alkyl halides is 2. The van der Waals surface area contributed by atoms with Crippen molar-refractivity contribution in [3.8, 4) is 0 Å². The summed E-state index contributed by atoms with van der Waals surface area (Å²) in [5, 5.41) is 0. The van der Waals surface area contributed by atoms with Gasteiger partial charge in [0.05, 0.1) is 0 Å². The van der Waals surface area contributed by atoms with Gasteiger partial charge < -0.3 is 4.98 Å². The monoisotopic (exact) mass is 161 g/mol. The number of hydrogen-bond donors (Lipinski definition) is 3. The van der Waals surface area contributed by atoms with E-state index in [1.165, 1.54) is 0 Å². The minimum Gasteiger partial charge on any atom is -0.363 e. The minimum atomic E-state index is -2.50. The second kappa shape index (κ2) is 3.45. The maximum absolute atomic E-state index is 12.1. The van der Waals surface area contributed by atoms with Crippen LogP contribution in [-0.4, -0.2) is 11.4 Å². The van der Waals surface area contributed by atoms with E-state index in [4.69, 9.17) is 5.84 Å². The van der Waals surface area contributed by atoms with Gasteiger partial charge in [-0.25, -0.2) is 14.2 Å². The van der Waals surface area contributed by atoms with Crippen molar-refractivity contribution < 1.29 is 8.78 Å². The highest BCUT2D eigenvalue weighted by molar-refractivity contribution is 5.09. The molecule has 0 saturated carbocycles. The Hall–Kier alpha value is -0.940. The van der Waals surface area contributed by atoms with Crippen LogP contribution >= 0.6 is 0 Å². The first-order valence-corrected chi connectivity index (χ1v) is 3.13. The molecule has 0 saturated heterocycles. The number of H-pyrrole nitrogens is 1. The number of hydrogen-bond acceptors (Lipinski definition) is 2. The largest absolute Gasteiger partial charge is 0.363 e. The van der Waals surface area contributed by atoms with Crippen molar-refractivity contribution in [2.75, 3.05) is 0 Å². The van der Waals surface area contributed by atoms with E-state index < -0.39 is 12.5 Å². The summed E-state index contributed by atoms with van der Waals surface area (Å²) in [7, 11) is 0. The Morgan fingerprint density at radius 3 is 2.64 bits per heavy atom. The Morgan fingerprint density at radius 1 is 1.55 bits per heavy atom. The maximum atomic E-state index is 12.1. The van der Waals surface area contributed by atoms with E-state index >= 15 is 0 Å². The Labute approximate surface area is 62.6 Å². The van der Waals surface area contributed by atoms with Gasteiger partial charge in [-0.1, -0.05) is 0 Å². The van der Waals surface area contributed by atoms with Gasteiger partial charge in [0.2, 0.25) is 0 Å². The smallest absolute Gasteiger partial charge is 0.260 e. The summed E-state index contributed by atoms with van der Waals surface area (Å²) in [4.78, 5) is 2.65. The van der Waals surface area contributed by atoms with Crippen LogP contribution in [0.5, 0.6) is 0 Å². The fourth-order valence-corrected chi connectivity index (χ4v) is 0.836. The SMILES string of the molecule is NNC(c1ccc[nH]1)C(F)F. The lowest BCUT2D eigenvalue weighted by atomic mass is 10.2. The van der Waals surface area contributed by atoms with Crippen molar-refractivity contribution in [3.63, 3.8) is 0 Å². The Morgan fingerprint density at radius 2 is 2.27 bits per heavy atom. The molecule has 0 amide bonds. The molecule has 1 rings (SSSR count). The van der Waals surface area contributed by atoms with Crippen molar-refractivity contribution in [1.29, 1.82) is 0 Å². The molecule has 1 aromatic rings. The molecule has 5 heteroatoms. The average molecular weight is 161 g/mol. The second-order valence-corrected chi connectivity index (χ2v) is 2.10. The molecule has 0 aliphatic heterocycles. The molecule has 0 aliphatic carbocycles. The van der Waals surface area contributed by atoms with Crippen LogP contribution in [0, 0.1) is 0 Å². The Kier molecular flexibility index (Phi) is 2.56. The summed E-state index contributed by atoms with van der Waals surface area (Å²) in [6, 6.07) is 2.09. The molecule has 4 N–H and O–H groups in total. The lowest BCUT2D eigenvalue weighted by Crippen LogP contribution is -2.33. The third kappa shape index (κ3) is 1.75. The molecule has 0 bridgehead atoms. The first-order chi connectivity index (χ1) is 5.25. The van der Waals surface area contributed by atoms with E-state index in [1.54, 1.807) is 18.3 Å². The zero-order chi connectivity index (χ0) is 8.27. The highest BCUT2D eigenvalue weighted by Gasteiger charge is 2.20. The summed E-state index contributed by atoms with van der Waals surface area (Å²) in [6.45, 7) is 0. The zero-order valence-corrected chi connectivity index (χ0v) is 5.72. The fourth-order valence-electron chi connectivity index (χ4n) is 0.836. The second-order valence-electron chi connectivity index (χ2n) is 2.10. The van der Waals surface area contributed by atoms with Gasteiger partial charge in [0.25, 0.3) is 6.43 Å². The van der Waals surface area contributed by atoms with Crippen LogP contribution in [0.3, 0.4) is 0 Å². The van der Waals surface area contributed by atoms with Crippen molar-refractivity contribution in [2.45, 2.75) is 12.5 Å². The third-order valence-electron chi connectivity index (χ3n) is 1.39. The standard InChI is InChI=1S/C6H9F2N3/c7-6(8)5(11-9)4-2-1-3-10-4/h1-3,5-6,10-11H,9H2. The van der Waals surface area contributed by atoms with E-state index in [-0.39, 0.29) is 0 Å². The molecule has 62 valence electrons. The van der Waals surface area contributed by atoms with Crippen LogP contribution in [0.25, 0.3) is 0 Å². The quantitative estimate of drug-likeness (QED) is 0.453. The first-order valence-electron chi connectivity index (χ1n) is 3.13. The predicted octanol–water partition coefficient (Wildman–Crippen LogP) is 0.784. The molecule has 0 fully saturated rings. The molecule has 0 aromatic carbocycles. The maximum Gasteiger partial charge on any atom is 0.260 e. The Bertz CT molecular complexity index is 198. The van der Waals surface area contributed by atoms with Gasteiger partial charge >= 0.3 is 0 Å². The summed E-state index contributed by atoms with van der Waals surface area (Å²) < 4.78 is 24.2. The molecule has 0 aliphatic rings. The van der Waals surface area contributed by atoms with Gasteiger partial charge in [0, 0.05) is 11.9 Å². The first kappa shape index (κ1) is 8.16. The number of rotatable bonds is 3. The van der Waals surface area contributed by atoms with Crippen LogP contribution in [0.1, 0.15) is 11.7 Å². The van der Waals surface area contributed by atoms with Crippen molar-refractivity contribution in [2.24, 2.45) is 5.84 Å². The number of aromatic amines is 1. The van der Waals surface area contributed by atoms with Gasteiger partial charge in [-0.15, -0.1) is 0 Å². The third-order valence-corrected chi connectivity index (χ3v) is 1.39. The predicted molar refractivity (Wildman–Crippen MR) is 36.9 cm³/mol. The molecule has 0 spiro atoms. The highest BCUT2D eigenvalue weighted by atomic mass is 19.3.